The van der Waals surface area contributed by atoms with E-state index >= 15 is 0 Å². The van der Waals surface area contributed by atoms with Crippen LogP contribution in [0.15, 0.2) is 26.5 Å². The number of hydrogen-bond donors (Lipinski definition) is 2. The highest BCUT2D eigenvalue weighted by molar-refractivity contribution is 9.13. The summed E-state index contributed by atoms with van der Waals surface area (Å²) < 4.78 is 2.19. The van der Waals surface area contributed by atoms with Crippen LogP contribution in [0.1, 0.15) is 30.7 Å². The van der Waals surface area contributed by atoms with E-state index in [0.717, 1.165) is 21.1 Å². The van der Waals surface area contributed by atoms with Crippen LogP contribution in [0.4, 0.5) is 0 Å². The fourth-order valence-corrected chi connectivity index (χ4v) is 3.42. The summed E-state index contributed by atoms with van der Waals surface area (Å²) in [7, 11) is 0. The van der Waals surface area contributed by atoms with Crippen molar-refractivity contribution in [2.24, 2.45) is 5.84 Å². The molecule has 0 radical (unpaired) electrons. The molecule has 1 aromatic heterocycles. The monoisotopic (exact) mass is 352 g/mol. The molecule has 0 saturated heterocycles. The third kappa shape index (κ3) is 4.00. The zero-order chi connectivity index (χ0) is 11.4. The summed E-state index contributed by atoms with van der Waals surface area (Å²) in [5.41, 5.74) is 4.03. The van der Waals surface area contributed by atoms with Gasteiger partial charge in [0, 0.05) is 9.35 Å². The maximum absolute atomic E-state index is 5.55. The lowest BCUT2D eigenvalue weighted by Gasteiger charge is -2.13. The first-order valence-corrected chi connectivity index (χ1v) is 7.00. The zero-order valence-corrected chi connectivity index (χ0v) is 12.5. The molecule has 1 unspecified atom stereocenters. The largest absolute Gasteiger partial charge is 0.271 e. The number of allylic oxidation sites excluding steroid dienone is 1. The Labute approximate surface area is 111 Å². The third-order valence-electron chi connectivity index (χ3n) is 2.07. The molecule has 0 fully saturated rings. The Kier molecular flexibility index (Phi) is 5.49. The molecule has 1 aromatic rings. The minimum atomic E-state index is 0.203. The van der Waals surface area contributed by atoms with Crippen LogP contribution < -0.4 is 11.3 Å². The lowest BCUT2D eigenvalue weighted by Crippen LogP contribution is -2.27. The molecule has 0 amide bonds. The maximum atomic E-state index is 5.55. The minimum Gasteiger partial charge on any atom is -0.271 e. The van der Waals surface area contributed by atoms with Crippen LogP contribution in [-0.4, -0.2) is 0 Å². The molecule has 0 bridgehead atoms. The first-order valence-electron chi connectivity index (χ1n) is 4.59. The van der Waals surface area contributed by atoms with Crippen molar-refractivity contribution in [3.63, 3.8) is 0 Å². The summed E-state index contributed by atoms with van der Waals surface area (Å²) in [4.78, 5) is 1.23. The standard InChI is InChI=1S/C10H14Br2N2S/c1-6(2)3-4-8(14-13)9-5-7(11)10(12)15-9/h5,8,14H,1,3-4,13H2,2H3. The number of nitrogens with one attached hydrogen (secondary N) is 1. The molecule has 3 N–H and O–H groups in total. The van der Waals surface area contributed by atoms with E-state index in [1.165, 1.54) is 10.5 Å². The van der Waals surface area contributed by atoms with Gasteiger partial charge in [0.15, 0.2) is 0 Å². The molecule has 0 aliphatic rings. The van der Waals surface area contributed by atoms with Crippen molar-refractivity contribution in [1.29, 1.82) is 0 Å². The molecule has 15 heavy (non-hydrogen) atoms. The highest BCUT2D eigenvalue weighted by Crippen LogP contribution is 2.36. The highest BCUT2D eigenvalue weighted by Gasteiger charge is 2.14. The van der Waals surface area contributed by atoms with Crippen LogP contribution in [-0.2, 0) is 0 Å². The van der Waals surface area contributed by atoms with E-state index in [-0.39, 0.29) is 6.04 Å². The lowest BCUT2D eigenvalue weighted by atomic mass is 10.1. The van der Waals surface area contributed by atoms with E-state index in [2.05, 4.69) is 49.9 Å². The Morgan fingerprint density at radius 2 is 2.33 bits per heavy atom. The highest BCUT2D eigenvalue weighted by atomic mass is 79.9. The summed E-state index contributed by atoms with van der Waals surface area (Å²) in [6.07, 6.45) is 1.97. The molecular formula is C10H14Br2N2S. The van der Waals surface area contributed by atoms with Gasteiger partial charge in [-0.3, -0.25) is 11.3 Å². The van der Waals surface area contributed by atoms with E-state index in [1.54, 1.807) is 11.3 Å². The molecule has 0 aliphatic carbocycles. The van der Waals surface area contributed by atoms with Gasteiger partial charge in [0.1, 0.15) is 0 Å². The van der Waals surface area contributed by atoms with Gasteiger partial charge in [-0.1, -0.05) is 5.57 Å². The van der Waals surface area contributed by atoms with Crippen molar-refractivity contribution in [3.8, 4) is 0 Å². The lowest BCUT2D eigenvalue weighted by molar-refractivity contribution is 0.523. The number of rotatable bonds is 5. The first-order chi connectivity index (χ1) is 7.04. The normalized spacial score (nSPS) is 12.8. The molecule has 1 rings (SSSR count). The predicted molar refractivity (Wildman–Crippen MR) is 73.8 cm³/mol. The van der Waals surface area contributed by atoms with Crippen molar-refractivity contribution in [2.75, 3.05) is 0 Å². The van der Waals surface area contributed by atoms with Crippen LogP contribution in [0.25, 0.3) is 0 Å². The van der Waals surface area contributed by atoms with Crippen LogP contribution in [0, 0.1) is 0 Å². The number of hydrogen-bond acceptors (Lipinski definition) is 3. The van der Waals surface area contributed by atoms with E-state index in [4.69, 9.17) is 5.84 Å². The summed E-state index contributed by atoms with van der Waals surface area (Å²) in [6.45, 7) is 5.93. The number of hydrazine groups is 1. The van der Waals surface area contributed by atoms with Gasteiger partial charge in [-0.25, -0.2) is 0 Å². The van der Waals surface area contributed by atoms with Crippen molar-refractivity contribution in [3.05, 3.63) is 31.4 Å². The Bertz CT molecular complexity index is 330. The number of nitrogens with two attached hydrogens (primary N) is 1. The van der Waals surface area contributed by atoms with Crippen LogP contribution in [0.5, 0.6) is 0 Å². The molecule has 0 spiro atoms. The van der Waals surface area contributed by atoms with Crippen molar-refractivity contribution >= 4 is 43.2 Å². The van der Waals surface area contributed by atoms with Crippen LogP contribution >= 0.6 is 43.2 Å². The third-order valence-corrected chi connectivity index (χ3v) is 5.44. The predicted octanol–water partition coefficient (Wildman–Crippen LogP) is 4.13. The zero-order valence-electron chi connectivity index (χ0n) is 8.52. The van der Waals surface area contributed by atoms with E-state index in [0.29, 0.717) is 0 Å². The molecule has 2 nitrogen and oxygen atoms in total. The SMILES string of the molecule is C=C(C)CCC(NN)c1cc(Br)c(Br)s1. The van der Waals surface area contributed by atoms with Gasteiger partial charge < -0.3 is 0 Å². The van der Waals surface area contributed by atoms with Gasteiger partial charge in [0.2, 0.25) is 0 Å². The smallest absolute Gasteiger partial charge is 0.0843 e. The summed E-state index contributed by atoms with van der Waals surface area (Å²) >= 11 is 8.65. The minimum absolute atomic E-state index is 0.203. The van der Waals surface area contributed by atoms with E-state index in [1.807, 2.05) is 6.92 Å². The fourth-order valence-electron chi connectivity index (χ4n) is 1.23. The van der Waals surface area contributed by atoms with Gasteiger partial charge in [0.25, 0.3) is 0 Å². The molecule has 1 atom stereocenters. The average Bonchev–Trinajstić information content (AvgIpc) is 2.47. The Balaban J connectivity index is 2.69. The molecular weight excluding hydrogens is 340 g/mol. The number of halogens is 2. The first kappa shape index (κ1) is 13.4. The Hall–Kier alpha value is 0.320. The Morgan fingerprint density at radius 1 is 1.67 bits per heavy atom. The quantitative estimate of drug-likeness (QED) is 0.474. The van der Waals surface area contributed by atoms with E-state index in [9.17, 15) is 0 Å². The van der Waals surface area contributed by atoms with Crippen LogP contribution in [0.3, 0.4) is 0 Å². The topological polar surface area (TPSA) is 38.0 Å². The van der Waals surface area contributed by atoms with Crippen LogP contribution in [0.2, 0.25) is 0 Å². The molecule has 5 heteroatoms. The summed E-state index contributed by atoms with van der Waals surface area (Å²) in [5, 5.41) is 0. The van der Waals surface area contributed by atoms with Gasteiger partial charge in [-0.15, -0.1) is 17.9 Å². The molecule has 1 heterocycles. The second-order valence-corrected chi connectivity index (χ2v) is 6.74. The van der Waals surface area contributed by atoms with Gasteiger partial charge >= 0.3 is 0 Å². The molecule has 0 saturated carbocycles. The molecule has 0 aromatic carbocycles. The summed E-state index contributed by atoms with van der Waals surface area (Å²) in [6, 6.07) is 2.30. The summed E-state index contributed by atoms with van der Waals surface area (Å²) in [5.74, 6) is 5.55. The maximum Gasteiger partial charge on any atom is 0.0843 e. The van der Waals surface area contributed by atoms with Gasteiger partial charge in [0.05, 0.1) is 9.83 Å². The van der Waals surface area contributed by atoms with Crippen molar-refractivity contribution in [2.45, 2.75) is 25.8 Å². The van der Waals surface area contributed by atoms with Crippen molar-refractivity contribution in [1.82, 2.24) is 5.43 Å². The van der Waals surface area contributed by atoms with Crippen molar-refractivity contribution < 1.29 is 0 Å². The average molecular weight is 354 g/mol. The second kappa shape index (κ2) is 6.15. The number of thiophene rings is 1. The fraction of sp³-hybridized carbons (Fsp3) is 0.400. The molecule has 0 aliphatic heterocycles. The van der Waals surface area contributed by atoms with E-state index < -0.39 is 0 Å². The van der Waals surface area contributed by atoms with Gasteiger partial charge in [-0.05, 0) is 57.7 Å². The molecule has 84 valence electrons. The van der Waals surface area contributed by atoms with Gasteiger partial charge in [-0.2, -0.15) is 0 Å². The Morgan fingerprint density at radius 3 is 2.73 bits per heavy atom. The second-order valence-electron chi connectivity index (χ2n) is 3.49.